The van der Waals surface area contributed by atoms with Crippen molar-refractivity contribution in [2.75, 3.05) is 14.2 Å². The zero-order chi connectivity index (χ0) is 18.8. The molecule has 0 spiro atoms. The van der Waals surface area contributed by atoms with E-state index in [1.54, 1.807) is 31.1 Å². The largest absolute Gasteiger partial charge is 0.494 e. The Morgan fingerprint density at radius 3 is 2.85 bits per heavy atom. The van der Waals surface area contributed by atoms with E-state index in [-0.39, 0.29) is 5.84 Å². The Hall–Kier alpha value is -2.84. The normalized spacial score (nSPS) is 11.8. The lowest BCUT2D eigenvalue weighted by atomic mass is 10.1. The molecule has 9 heteroatoms. The highest BCUT2D eigenvalue weighted by atomic mass is 35.5. The number of halogens is 1. The van der Waals surface area contributed by atoms with Gasteiger partial charge in [-0.3, -0.25) is 0 Å². The third kappa shape index (κ3) is 3.16. The van der Waals surface area contributed by atoms with Crippen molar-refractivity contribution in [1.29, 1.82) is 0 Å². The lowest BCUT2D eigenvalue weighted by Gasteiger charge is -2.15. The number of nitrogens with two attached hydrogens (primary N) is 2. The van der Waals surface area contributed by atoms with Gasteiger partial charge in [0.2, 0.25) is 0 Å². The number of amidine groups is 1. The van der Waals surface area contributed by atoms with Crippen LogP contribution in [-0.2, 0) is 6.42 Å². The summed E-state index contributed by atoms with van der Waals surface area (Å²) in [5.74, 6) is 6.34. The van der Waals surface area contributed by atoms with Crippen LogP contribution in [0.2, 0.25) is 5.15 Å². The van der Waals surface area contributed by atoms with Gasteiger partial charge in [-0.15, -0.1) is 5.10 Å². The number of nitrogens with zero attached hydrogens (tertiary/aromatic N) is 5. The van der Waals surface area contributed by atoms with Crippen molar-refractivity contribution >= 4 is 28.3 Å². The molecular weight excluding hydrogens is 354 g/mol. The van der Waals surface area contributed by atoms with Gasteiger partial charge in [0, 0.05) is 24.7 Å². The minimum Gasteiger partial charge on any atom is -0.494 e. The van der Waals surface area contributed by atoms with Crippen molar-refractivity contribution in [3.05, 3.63) is 46.9 Å². The quantitative estimate of drug-likeness (QED) is 0.233. The first kappa shape index (κ1) is 18.0. The number of hydrogen-bond donors (Lipinski definition) is 2. The predicted molar refractivity (Wildman–Crippen MR) is 102 cm³/mol. The highest BCUT2D eigenvalue weighted by Gasteiger charge is 2.18. The molecule has 3 rings (SSSR count). The number of hydrazone groups is 1. The van der Waals surface area contributed by atoms with E-state index >= 15 is 0 Å². The van der Waals surface area contributed by atoms with Crippen LogP contribution in [0.3, 0.4) is 0 Å². The molecule has 3 aromatic rings. The fraction of sp³-hybridized carbons (Fsp3) is 0.235. The summed E-state index contributed by atoms with van der Waals surface area (Å²) < 4.78 is 7.41. The molecule has 2 aromatic heterocycles. The average Bonchev–Trinajstić information content (AvgIpc) is 2.97. The monoisotopic (exact) mass is 373 g/mol. The number of rotatable bonds is 5. The van der Waals surface area contributed by atoms with Gasteiger partial charge >= 0.3 is 0 Å². The summed E-state index contributed by atoms with van der Waals surface area (Å²) in [6, 6.07) is 7.34. The fourth-order valence-corrected chi connectivity index (χ4v) is 2.97. The Morgan fingerprint density at radius 1 is 1.42 bits per heavy atom. The minimum absolute atomic E-state index is 0.237. The number of ether oxygens (including phenoxy) is 1. The van der Waals surface area contributed by atoms with Gasteiger partial charge in [0.1, 0.15) is 10.8 Å². The number of aromatic nitrogens is 3. The molecule has 4 N–H and O–H groups in total. The Labute approximate surface area is 156 Å². The second-order valence-electron chi connectivity index (χ2n) is 5.65. The van der Waals surface area contributed by atoms with E-state index in [9.17, 15) is 0 Å². The summed E-state index contributed by atoms with van der Waals surface area (Å²) >= 11 is 6.10. The van der Waals surface area contributed by atoms with Gasteiger partial charge in [0.15, 0.2) is 11.6 Å². The van der Waals surface area contributed by atoms with Crippen molar-refractivity contribution in [2.24, 2.45) is 16.7 Å². The van der Waals surface area contributed by atoms with Crippen molar-refractivity contribution in [1.82, 2.24) is 19.9 Å². The summed E-state index contributed by atoms with van der Waals surface area (Å²) in [5, 5.41) is 11.2. The smallest absolute Gasteiger partial charge is 0.156 e. The summed E-state index contributed by atoms with van der Waals surface area (Å²) in [7, 11) is 3.16. The molecule has 0 aliphatic carbocycles. The zero-order valence-corrected chi connectivity index (χ0v) is 15.5. The van der Waals surface area contributed by atoms with Crippen molar-refractivity contribution in [3.63, 3.8) is 0 Å². The Kier molecular flexibility index (Phi) is 4.97. The molecule has 0 saturated carbocycles. The molecule has 0 bridgehead atoms. The van der Waals surface area contributed by atoms with Gasteiger partial charge in [-0.25, -0.2) is 20.6 Å². The molecule has 0 aliphatic rings. The summed E-state index contributed by atoms with van der Waals surface area (Å²) in [5.41, 5.74) is 9.16. The highest BCUT2D eigenvalue weighted by Crippen LogP contribution is 2.31. The third-order valence-corrected chi connectivity index (χ3v) is 4.12. The van der Waals surface area contributed by atoms with Gasteiger partial charge in [-0.2, -0.15) is 5.10 Å². The van der Waals surface area contributed by atoms with E-state index in [4.69, 9.17) is 33.0 Å². The topological polar surface area (TPSA) is 108 Å². The number of benzene rings is 1. The fourth-order valence-electron chi connectivity index (χ4n) is 2.82. The maximum Gasteiger partial charge on any atom is 0.156 e. The molecule has 0 saturated heterocycles. The van der Waals surface area contributed by atoms with Crippen LogP contribution in [0.1, 0.15) is 18.2 Å². The molecule has 0 amide bonds. The number of aryl methyl sites for hydroxylation is 1. The van der Waals surface area contributed by atoms with Crippen LogP contribution in [0.5, 0.6) is 5.75 Å². The van der Waals surface area contributed by atoms with Crippen molar-refractivity contribution < 1.29 is 4.74 Å². The second-order valence-corrected chi connectivity index (χ2v) is 6.04. The van der Waals surface area contributed by atoms with Crippen LogP contribution in [0.25, 0.3) is 16.6 Å². The van der Waals surface area contributed by atoms with Crippen LogP contribution in [-0.4, -0.2) is 39.9 Å². The molecule has 0 aliphatic heterocycles. The molecule has 2 heterocycles. The number of pyridine rings is 1. The van der Waals surface area contributed by atoms with E-state index in [1.165, 1.54) is 0 Å². The van der Waals surface area contributed by atoms with E-state index in [0.717, 1.165) is 33.8 Å². The highest BCUT2D eigenvalue weighted by molar-refractivity contribution is 6.30. The minimum atomic E-state index is 0.237. The van der Waals surface area contributed by atoms with Crippen molar-refractivity contribution in [2.45, 2.75) is 13.3 Å². The molecule has 0 radical (unpaired) electrons. The van der Waals surface area contributed by atoms with Crippen LogP contribution in [0.4, 0.5) is 0 Å². The zero-order valence-electron chi connectivity index (χ0n) is 14.8. The molecule has 8 nitrogen and oxygen atoms in total. The van der Waals surface area contributed by atoms with Gasteiger partial charge in [-0.05, 0) is 18.6 Å². The molecule has 136 valence electrons. The first-order valence-electron chi connectivity index (χ1n) is 7.99. The Bertz CT molecular complexity index is 981. The van der Waals surface area contributed by atoms with Crippen LogP contribution in [0.15, 0.2) is 35.6 Å². The number of para-hydroxylation sites is 1. The SMILES string of the molecule is CCc1nn(-c2cccc(/C(N)=N/N(C)N)c2OC)c2cc(Cl)ncc12. The first-order chi connectivity index (χ1) is 12.5. The Morgan fingerprint density at radius 2 is 2.19 bits per heavy atom. The van der Waals surface area contributed by atoms with E-state index in [0.29, 0.717) is 16.5 Å². The van der Waals surface area contributed by atoms with E-state index in [2.05, 4.69) is 10.1 Å². The Balaban J connectivity index is 2.28. The number of fused-ring (bicyclic) bond motifs is 1. The lowest BCUT2D eigenvalue weighted by Crippen LogP contribution is -2.26. The maximum atomic E-state index is 6.10. The number of hydrazine groups is 1. The number of methoxy groups -OCH3 is 1. The van der Waals surface area contributed by atoms with Gasteiger partial charge in [-0.1, -0.05) is 24.6 Å². The van der Waals surface area contributed by atoms with Crippen LogP contribution >= 0.6 is 11.6 Å². The van der Waals surface area contributed by atoms with Crippen LogP contribution in [0, 0.1) is 0 Å². The maximum absolute atomic E-state index is 6.10. The van der Waals surface area contributed by atoms with E-state index in [1.807, 2.05) is 25.1 Å². The molecule has 0 atom stereocenters. The summed E-state index contributed by atoms with van der Waals surface area (Å²) in [6.07, 6.45) is 2.49. The predicted octanol–water partition coefficient (Wildman–Crippen LogP) is 2.07. The number of hydrogen-bond acceptors (Lipinski definition) is 6. The van der Waals surface area contributed by atoms with Gasteiger partial charge in [0.05, 0.1) is 23.9 Å². The molecule has 0 fully saturated rings. The van der Waals surface area contributed by atoms with Crippen LogP contribution < -0.4 is 16.3 Å². The summed E-state index contributed by atoms with van der Waals surface area (Å²) in [4.78, 5) is 4.17. The lowest BCUT2D eigenvalue weighted by molar-refractivity contribution is 0.371. The van der Waals surface area contributed by atoms with E-state index < -0.39 is 0 Å². The molecular formula is C17H20ClN7O. The molecule has 0 unspecified atom stereocenters. The third-order valence-electron chi connectivity index (χ3n) is 3.91. The van der Waals surface area contributed by atoms with Gasteiger partial charge in [0.25, 0.3) is 0 Å². The first-order valence-corrected chi connectivity index (χ1v) is 8.37. The summed E-state index contributed by atoms with van der Waals surface area (Å²) in [6.45, 7) is 2.04. The van der Waals surface area contributed by atoms with Gasteiger partial charge < -0.3 is 10.5 Å². The second kappa shape index (κ2) is 7.19. The van der Waals surface area contributed by atoms with Crippen molar-refractivity contribution in [3.8, 4) is 11.4 Å². The molecule has 26 heavy (non-hydrogen) atoms. The average molecular weight is 374 g/mol. The standard InChI is InChI=1S/C17H20ClN7O/c1-4-12-11-9-21-15(18)8-14(11)25(22-12)13-7-5-6-10(16(13)26-3)17(19)23-24(2)20/h5-9H,4,20H2,1-3H3,(H2,19,23). The molecule has 1 aromatic carbocycles.